The SMILES string of the molecule is C/C=C(/NC(/N=C(\I)c1ccccc1)c1cccc2c(-n3c4ccccc4c4c3ccc3c5c6ccccc6ccc5n(-c5ccc6ccccc6c5)c34)cccc12)c1ccccc1. The van der Waals surface area contributed by atoms with Crippen molar-refractivity contribution in [3.05, 3.63) is 235 Å². The highest BCUT2D eigenvalue weighted by atomic mass is 127. The molecule has 1 unspecified atom stereocenters. The largest absolute Gasteiger partial charge is 0.360 e. The molecule has 2 aromatic heterocycles. The molecule has 1 atom stereocenters. The molecule has 1 N–H and O–H groups in total. The molecule has 0 saturated carbocycles. The number of aromatic nitrogens is 2. The van der Waals surface area contributed by atoms with Gasteiger partial charge in [-0.1, -0.05) is 182 Å². The number of fused-ring (bicyclic) bond motifs is 11. The standard InChI is InChI=1S/C59H41IN4/c1-2-50(40-19-5-3-6-20-40)61-59(62-58(60)41-21-7-4-8-22-41)47-28-15-27-46-45(47)26-16-30-51(46)64-52-29-14-13-25-48(52)56-54(64)36-34-49-55-44-24-12-11-18-39(44)32-35-53(55)63(57(49)56)43-33-31-38-17-9-10-23-42(38)37-43/h2-37,59,61H,1H3/b50-2+,62-58-. The summed E-state index contributed by atoms with van der Waals surface area (Å²) in [4.78, 5) is 5.45. The van der Waals surface area contributed by atoms with E-state index in [0.717, 1.165) is 59.3 Å². The van der Waals surface area contributed by atoms with Crippen LogP contribution in [0.25, 0.3) is 93.0 Å². The number of rotatable bonds is 8. The molecule has 0 spiro atoms. The van der Waals surface area contributed by atoms with Crippen molar-refractivity contribution < 1.29 is 0 Å². The molecule has 4 nitrogen and oxygen atoms in total. The van der Waals surface area contributed by atoms with Gasteiger partial charge in [0.1, 0.15) is 9.88 Å². The lowest BCUT2D eigenvalue weighted by molar-refractivity contribution is 0.677. The molecule has 10 aromatic carbocycles. The highest BCUT2D eigenvalue weighted by Crippen LogP contribution is 2.45. The fourth-order valence-corrected chi connectivity index (χ4v) is 10.6. The van der Waals surface area contributed by atoms with Gasteiger partial charge in [0.15, 0.2) is 0 Å². The van der Waals surface area contributed by atoms with E-state index in [1.165, 1.54) is 54.1 Å². The van der Waals surface area contributed by atoms with E-state index in [1.807, 2.05) is 6.07 Å². The maximum Gasteiger partial charge on any atom is 0.146 e. The molecule has 0 amide bonds. The van der Waals surface area contributed by atoms with Crippen molar-refractivity contribution in [1.29, 1.82) is 0 Å². The van der Waals surface area contributed by atoms with Gasteiger partial charge in [0.05, 0.1) is 27.8 Å². The summed E-state index contributed by atoms with van der Waals surface area (Å²) in [5, 5.41) is 16.1. The zero-order chi connectivity index (χ0) is 42.7. The number of nitrogens with zero attached hydrogens (tertiary/aromatic N) is 3. The molecule has 0 fully saturated rings. The molecular weight excluding hydrogens is 892 g/mol. The van der Waals surface area contributed by atoms with E-state index in [1.54, 1.807) is 0 Å². The summed E-state index contributed by atoms with van der Waals surface area (Å²) >= 11 is 2.39. The molecular formula is C59H41IN4. The fraction of sp³-hybridized carbons (Fsp3) is 0.0339. The molecule has 0 aliphatic rings. The molecule has 0 saturated heterocycles. The first-order valence-corrected chi connectivity index (χ1v) is 22.9. The Balaban J connectivity index is 1.13. The lowest BCUT2D eigenvalue weighted by Gasteiger charge is -2.22. The van der Waals surface area contributed by atoms with Crippen LogP contribution in [0.3, 0.4) is 0 Å². The average Bonchev–Trinajstić information content (AvgIpc) is 3.88. The van der Waals surface area contributed by atoms with Gasteiger partial charge in [-0.3, -0.25) is 0 Å². The van der Waals surface area contributed by atoms with Gasteiger partial charge in [0.2, 0.25) is 0 Å². The van der Waals surface area contributed by atoms with Gasteiger partial charge in [-0.2, -0.15) is 0 Å². The van der Waals surface area contributed by atoms with Crippen LogP contribution < -0.4 is 5.32 Å². The van der Waals surface area contributed by atoms with Crippen LogP contribution in [0.4, 0.5) is 0 Å². The topological polar surface area (TPSA) is 34.2 Å². The van der Waals surface area contributed by atoms with Crippen LogP contribution in [0.5, 0.6) is 0 Å². The van der Waals surface area contributed by atoms with Crippen LogP contribution >= 0.6 is 22.6 Å². The summed E-state index contributed by atoms with van der Waals surface area (Å²) in [6, 6.07) is 76.9. The molecule has 0 bridgehead atoms. The minimum atomic E-state index is -0.372. The monoisotopic (exact) mass is 932 g/mol. The first-order valence-electron chi connectivity index (χ1n) is 21.8. The Morgan fingerprint density at radius 2 is 1.11 bits per heavy atom. The number of hydrogen-bond donors (Lipinski definition) is 1. The van der Waals surface area contributed by atoms with Gasteiger partial charge in [-0.05, 0) is 98.4 Å². The van der Waals surface area contributed by atoms with E-state index in [9.17, 15) is 0 Å². The number of benzene rings is 10. The Hall–Kier alpha value is -7.48. The molecule has 12 aromatic rings. The first kappa shape index (κ1) is 38.2. The summed E-state index contributed by atoms with van der Waals surface area (Å²) in [6.07, 6.45) is 1.77. The van der Waals surface area contributed by atoms with Gasteiger partial charge in [0, 0.05) is 49.4 Å². The Labute approximate surface area is 384 Å². The van der Waals surface area contributed by atoms with Gasteiger partial charge in [0.25, 0.3) is 0 Å². The van der Waals surface area contributed by atoms with Crippen molar-refractivity contribution in [2.75, 3.05) is 0 Å². The van der Waals surface area contributed by atoms with Gasteiger partial charge < -0.3 is 14.5 Å². The second-order valence-corrected chi connectivity index (χ2v) is 17.4. The Kier molecular flexibility index (Phi) is 9.38. The second kappa shape index (κ2) is 15.7. The number of hydrogen-bond acceptors (Lipinski definition) is 2. The molecule has 12 rings (SSSR count). The summed E-state index contributed by atoms with van der Waals surface area (Å²) in [5.74, 6) is 0. The molecule has 0 aliphatic heterocycles. The first-order chi connectivity index (χ1) is 31.6. The number of halogens is 1. The third-order valence-electron chi connectivity index (χ3n) is 12.8. The Morgan fingerprint density at radius 1 is 0.484 bits per heavy atom. The average molecular weight is 933 g/mol. The van der Waals surface area contributed by atoms with Crippen molar-refractivity contribution in [2.45, 2.75) is 13.1 Å². The summed E-state index contributed by atoms with van der Waals surface area (Å²) in [7, 11) is 0. The number of nitrogens with one attached hydrogen (secondary N) is 1. The van der Waals surface area contributed by atoms with Crippen molar-refractivity contribution in [3.63, 3.8) is 0 Å². The predicted octanol–water partition coefficient (Wildman–Crippen LogP) is 15.9. The molecule has 5 heteroatoms. The number of aliphatic imine (C=N–C) groups is 1. The second-order valence-electron chi connectivity index (χ2n) is 16.4. The van der Waals surface area contributed by atoms with E-state index in [2.05, 4.69) is 256 Å². The lowest BCUT2D eigenvalue weighted by atomic mass is 10.00. The van der Waals surface area contributed by atoms with Crippen LogP contribution in [-0.4, -0.2) is 12.9 Å². The summed E-state index contributed by atoms with van der Waals surface area (Å²) in [6.45, 7) is 2.08. The fourth-order valence-electron chi connectivity index (χ4n) is 9.96. The zero-order valence-corrected chi connectivity index (χ0v) is 37.2. The van der Waals surface area contributed by atoms with E-state index in [0.29, 0.717) is 0 Å². The Morgan fingerprint density at radius 3 is 1.92 bits per heavy atom. The van der Waals surface area contributed by atoms with Crippen molar-refractivity contribution in [2.24, 2.45) is 4.99 Å². The zero-order valence-electron chi connectivity index (χ0n) is 35.1. The minimum absolute atomic E-state index is 0.372. The van der Waals surface area contributed by atoms with Gasteiger partial charge in [-0.15, -0.1) is 0 Å². The number of allylic oxidation sites excluding steroid dienone is 1. The lowest BCUT2D eigenvalue weighted by Crippen LogP contribution is -2.20. The normalized spacial score (nSPS) is 13.0. The molecule has 304 valence electrons. The predicted molar refractivity (Wildman–Crippen MR) is 281 cm³/mol. The molecule has 2 heterocycles. The Bertz CT molecular complexity index is 3840. The van der Waals surface area contributed by atoms with E-state index >= 15 is 0 Å². The molecule has 0 aliphatic carbocycles. The van der Waals surface area contributed by atoms with E-state index in [-0.39, 0.29) is 6.17 Å². The van der Waals surface area contributed by atoms with E-state index in [4.69, 9.17) is 4.99 Å². The minimum Gasteiger partial charge on any atom is -0.360 e. The van der Waals surface area contributed by atoms with Crippen LogP contribution in [0.1, 0.15) is 29.8 Å². The highest BCUT2D eigenvalue weighted by Gasteiger charge is 2.24. The van der Waals surface area contributed by atoms with Crippen molar-refractivity contribution in [3.8, 4) is 11.4 Å². The summed E-state index contributed by atoms with van der Waals surface area (Å²) in [5.41, 5.74) is 11.3. The number of para-hydroxylation sites is 1. The molecule has 0 radical (unpaired) electrons. The van der Waals surface area contributed by atoms with E-state index < -0.39 is 0 Å². The van der Waals surface area contributed by atoms with Crippen molar-refractivity contribution >= 4 is 108 Å². The third kappa shape index (κ3) is 6.21. The van der Waals surface area contributed by atoms with Gasteiger partial charge >= 0.3 is 0 Å². The maximum absolute atomic E-state index is 5.45. The summed E-state index contributed by atoms with van der Waals surface area (Å²) < 4.78 is 5.93. The van der Waals surface area contributed by atoms with Gasteiger partial charge in [-0.25, -0.2) is 4.99 Å². The van der Waals surface area contributed by atoms with Crippen LogP contribution in [0.15, 0.2) is 223 Å². The highest BCUT2D eigenvalue weighted by molar-refractivity contribution is 14.1. The van der Waals surface area contributed by atoms with Crippen LogP contribution in [0.2, 0.25) is 0 Å². The maximum atomic E-state index is 5.45. The smallest absolute Gasteiger partial charge is 0.146 e. The van der Waals surface area contributed by atoms with Crippen molar-refractivity contribution in [1.82, 2.24) is 14.5 Å². The molecule has 64 heavy (non-hydrogen) atoms. The quantitative estimate of drug-likeness (QED) is 0.120. The van der Waals surface area contributed by atoms with Crippen LogP contribution in [0, 0.1) is 0 Å². The van der Waals surface area contributed by atoms with Crippen LogP contribution in [-0.2, 0) is 0 Å². The third-order valence-corrected chi connectivity index (χ3v) is 13.7.